The molecule has 166 valence electrons. The SMILES string of the molecule is O=C(OCC(=O)N(Cc1ccccc1)c1nc(-c2ccc(F)cc2)cs1)c1ccccc1F. The summed E-state index contributed by atoms with van der Waals surface area (Å²) in [6.07, 6.45) is 0. The van der Waals surface area contributed by atoms with E-state index in [1.54, 1.807) is 17.5 Å². The van der Waals surface area contributed by atoms with E-state index in [1.165, 1.54) is 46.6 Å². The molecule has 0 saturated heterocycles. The maximum absolute atomic E-state index is 13.8. The lowest BCUT2D eigenvalue weighted by Gasteiger charge is -2.20. The number of anilines is 1. The summed E-state index contributed by atoms with van der Waals surface area (Å²) in [5.74, 6) is -2.51. The van der Waals surface area contributed by atoms with Crippen LogP contribution in [0.2, 0.25) is 0 Å². The van der Waals surface area contributed by atoms with Crippen LogP contribution in [-0.2, 0) is 16.1 Å². The molecule has 1 aromatic heterocycles. The standard InChI is InChI=1S/C25H18F2N2O3S/c26-19-12-10-18(11-13-19)22-16-33-25(28-22)29(14-17-6-2-1-3-7-17)23(30)15-32-24(31)20-8-4-5-9-21(20)27/h1-13,16H,14-15H2. The fraction of sp³-hybridized carbons (Fsp3) is 0.0800. The third-order valence-corrected chi connectivity index (χ3v) is 5.63. The number of nitrogens with zero attached hydrogens (tertiary/aromatic N) is 2. The maximum Gasteiger partial charge on any atom is 0.341 e. The molecular formula is C25H18F2N2O3S. The summed E-state index contributed by atoms with van der Waals surface area (Å²) in [6.45, 7) is -0.376. The van der Waals surface area contributed by atoms with E-state index >= 15 is 0 Å². The predicted molar refractivity (Wildman–Crippen MR) is 122 cm³/mol. The average Bonchev–Trinajstić information content (AvgIpc) is 3.32. The minimum absolute atomic E-state index is 0.202. The number of carbonyl (C=O) groups excluding carboxylic acids is 2. The molecule has 1 heterocycles. The lowest BCUT2D eigenvalue weighted by atomic mass is 10.2. The topological polar surface area (TPSA) is 59.5 Å². The van der Waals surface area contributed by atoms with Gasteiger partial charge in [-0.2, -0.15) is 0 Å². The molecule has 0 fully saturated rings. The van der Waals surface area contributed by atoms with Gasteiger partial charge in [-0.15, -0.1) is 11.3 Å². The number of carbonyl (C=O) groups is 2. The number of hydrogen-bond donors (Lipinski definition) is 0. The van der Waals surface area contributed by atoms with Gasteiger partial charge in [0.15, 0.2) is 11.7 Å². The van der Waals surface area contributed by atoms with Crippen LogP contribution in [0.5, 0.6) is 0 Å². The lowest BCUT2D eigenvalue weighted by Crippen LogP contribution is -2.34. The van der Waals surface area contributed by atoms with Crippen molar-refractivity contribution in [1.29, 1.82) is 0 Å². The molecule has 0 aliphatic heterocycles. The van der Waals surface area contributed by atoms with E-state index in [-0.39, 0.29) is 17.9 Å². The molecule has 0 bridgehead atoms. The van der Waals surface area contributed by atoms with Crippen LogP contribution in [0.1, 0.15) is 15.9 Å². The number of benzene rings is 3. The van der Waals surface area contributed by atoms with Crippen LogP contribution in [0, 0.1) is 11.6 Å². The molecule has 0 aliphatic rings. The van der Waals surface area contributed by atoms with E-state index < -0.39 is 24.3 Å². The first-order valence-electron chi connectivity index (χ1n) is 9.98. The molecule has 33 heavy (non-hydrogen) atoms. The highest BCUT2D eigenvalue weighted by atomic mass is 32.1. The summed E-state index contributed by atoms with van der Waals surface area (Å²) in [4.78, 5) is 31.2. The summed E-state index contributed by atoms with van der Waals surface area (Å²) >= 11 is 1.24. The zero-order chi connectivity index (χ0) is 23.2. The third-order valence-electron chi connectivity index (χ3n) is 4.77. The molecule has 0 saturated carbocycles. The van der Waals surface area contributed by atoms with E-state index in [1.807, 2.05) is 30.3 Å². The number of aromatic nitrogens is 1. The van der Waals surface area contributed by atoms with E-state index in [0.29, 0.717) is 16.4 Å². The van der Waals surface area contributed by atoms with Crippen LogP contribution in [0.25, 0.3) is 11.3 Å². The summed E-state index contributed by atoms with van der Waals surface area (Å²) in [6, 6.07) is 20.6. The summed E-state index contributed by atoms with van der Waals surface area (Å²) in [7, 11) is 0. The number of rotatable bonds is 7. The number of esters is 1. The molecule has 3 aromatic carbocycles. The van der Waals surface area contributed by atoms with Crippen LogP contribution in [0.4, 0.5) is 13.9 Å². The van der Waals surface area contributed by atoms with Gasteiger partial charge in [0.25, 0.3) is 5.91 Å². The fourth-order valence-electron chi connectivity index (χ4n) is 3.08. The number of thiazole rings is 1. The Hall–Kier alpha value is -3.91. The first-order valence-corrected chi connectivity index (χ1v) is 10.9. The van der Waals surface area contributed by atoms with Crippen molar-refractivity contribution in [2.75, 3.05) is 11.5 Å². The summed E-state index contributed by atoms with van der Waals surface area (Å²) in [5, 5.41) is 2.16. The van der Waals surface area contributed by atoms with Gasteiger partial charge in [0.05, 0.1) is 17.8 Å². The van der Waals surface area contributed by atoms with Crippen LogP contribution in [0.3, 0.4) is 0 Å². The van der Waals surface area contributed by atoms with Crippen LogP contribution in [-0.4, -0.2) is 23.5 Å². The molecule has 4 aromatic rings. The van der Waals surface area contributed by atoms with Gasteiger partial charge in [-0.25, -0.2) is 18.6 Å². The minimum Gasteiger partial charge on any atom is -0.452 e. The van der Waals surface area contributed by atoms with Gasteiger partial charge in [-0.1, -0.05) is 42.5 Å². The van der Waals surface area contributed by atoms with E-state index in [4.69, 9.17) is 4.74 Å². The Bertz CT molecular complexity index is 1260. The van der Waals surface area contributed by atoms with Crippen molar-refractivity contribution in [2.45, 2.75) is 6.54 Å². The van der Waals surface area contributed by atoms with Gasteiger partial charge >= 0.3 is 5.97 Å². The molecule has 4 rings (SSSR count). The van der Waals surface area contributed by atoms with Gasteiger partial charge < -0.3 is 4.74 Å². The highest BCUT2D eigenvalue weighted by molar-refractivity contribution is 7.14. The Kier molecular flexibility index (Phi) is 6.85. The predicted octanol–water partition coefficient (Wildman–Crippen LogP) is 5.48. The molecule has 0 spiro atoms. The Morgan fingerprint density at radius 1 is 0.909 bits per heavy atom. The second-order valence-corrected chi connectivity index (χ2v) is 7.88. The van der Waals surface area contributed by atoms with Gasteiger partial charge in [0.1, 0.15) is 11.6 Å². The Labute approximate surface area is 192 Å². The van der Waals surface area contributed by atoms with Gasteiger partial charge in [0, 0.05) is 10.9 Å². The van der Waals surface area contributed by atoms with Crippen molar-refractivity contribution in [2.24, 2.45) is 0 Å². The largest absolute Gasteiger partial charge is 0.452 e. The Morgan fingerprint density at radius 2 is 1.61 bits per heavy atom. The average molecular weight is 464 g/mol. The first kappa shape index (κ1) is 22.3. The van der Waals surface area contributed by atoms with Crippen molar-refractivity contribution in [3.05, 3.63) is 107 Å². The summed E-state index contributed by atoms with van der Waals surface area (Å²) in [5.41, 5.74) is 1.90. The van der Waals surface area contributed by atoms with Crippen LogP contribution in [0.15, 0.2) is 84.2 Å². The Balaban J connectivity index is 1.54. The quantitative estimate of drug-likeness (QED) is 0.340. The van der Waals surface area contributed by atoms with Crippen molar-refractivity contribution in [3.8, 4) is 11.3 Å². The molecule has 0 aliphatic carbocycles. The van der Waals surface area contributed by atoms with Crippen molar-refractivity contribution in [1.82, 2.24) is 4.98 Å². The van der Waals surface area contributed by atoms with Crippen LogP contribution >= 0.6 is 11.3 Å². The molecule has 8 heteroatoms. The molecule has 1 amide bonds. The van der Waals surface area contributed by atoms with Crippen molar-refractivity contribution >= 4 is 28.3 Å². The van der Waals surface area contributed by atoms with E-state index in [9.17, 15) is 18.4 Å². The normalized spacial score (nSPS) is 10.6. The van der Waals surface area contributed by atoms with Crippen LogP contribution < -0.4 is 4.90 Å². The fourth-order valence-corrected chi connectivity index (χ4v) is 3.93. The zero-order valence-corrected chi connectivity index (χ0v) is 18.1. The van der Waals surface area contributed by atoms with Crippen molar-refractivity contribution in [3.63, 3.8) is 0 Å². The highest BCUT2D eigenvalue weighted by Gasteiger charge is 2.22. The van der Waals surface area contributed by atoms with E-state index in [0.717, 1.165) is 11.6 Å². The zero-order valence-electron chi connectivity index (χ0n) is 17.3. The third kappa shape index (κ3) is 5.48. The molecule has 0 radical (unpaired) electrons. The van der Waals surface area contributed by atoms with E-state index in [2.05, 4.69) is 4.98 Å². The molecule has 0 atom stereocenters. The second kappa shape index (κ2) is 10.1. The molecule has 0 N–H and O–H groups in total. The highest BCUT2D eigenvalue weighted by Crippen LogP contribution is 2.29. The smallest absolute Gasteiger partial charge is 0.341 e. The number of ether oxygens (including phenoxy) is 1. The molecule has 0 unspecified atom stereocenters. The lowest BCUT2D eigenvalue weighted by molar-refractivity contribution is -0.121. The van der Waals surface area contributed by atoms with Gasteiger partial charge in [-0.3, -0.25) is 9.69 Å². The summed E-state index contributed by atoms with van der Waals surface area (Å²) < 4.78 is 32.2. The maximum atomic E-state index is 13.8. The van der Waals surface area contributed by atoms with Gasteiger partial charge in [-0.05, 0) is 42.0 Å². The minimum atomic E-state index is -0.924. The molecule has 5 nitrogen and oxygen atoms in total. The number of hydrogen-bond acceptors (Lipinski definition) is 5. The number of halogens is 2. The second-order valence-electron chi connectivity index (χ2n) is 7.04. The number of amides is 1. The van der Waals surface area contributed by atoms with Gasteiger partial charge in [0.2, 0.25) is 0 Å². The monoisotopic (exact) mass is 464 g/mol. The Morgan fingerprint density at radius 3 is 2.33 bits per heavy atom. The molecular weight excluding hydrogens is 446 g/mol. The van der Waals surface area contributed by atoms with Crippen molar-refractivity contribution < 1.29 is 23.1 Å². The first-order chi connectivity index (χ1) is 16.0.